The van der Waals surface area contributed by atoms with Crippen molar-refractivity contribution in [3.8, 4) is 5.75 Å². The number of fused-ring (bicyclic) bond motifs is 1. The number of carbonyl (C=O) groups is 1. The van der Waals surface area contributed by atoms with Crippen LogP contribution in [0.3, 0.4) is 0 Å². The number of ether oxygens (including phenoxy) is 1. The van der Waals surface area contributed by atoms with Crippen molar-refractivity contribution in [1.82, 2.24) is 4.90 Å². The Labute approximate surface area is 213 Å². The first kappa shape index (κ1) is 24.5. The van der Waals surface area contributed by atoms with Crippen molar-refractivity contribution in [3.05, 3.63) is 95.3 Å². The van der Waals surface area contributed by atoms with Crippen molar-refractivity contribution in [1.29, 1.82) is 0 Å². The number of hydrogen-bond acceptors (Lipinski definition) is 4. The Morgan fingerprint density at radius 3 is 2.36 bits per heavy atom. The lowest BCUT2D eigenvalue weighted by Gasteiger charge is -2.32. The van der Waals surface area contributed by atoms with Crippen LogP contribution in [0.1, 0.15) is 54.7 Å². The number of carbonyl (C=O) groups excluding carboxylic acids is 1. The van der Waals surface area contributed by atoms with E-state index in [4.69, 9.17) is 4.74 Å². The third-order valence-electron chi connectivity index (χ3n) is 7.50. The molecule has 0 aromatic heterocycles. The number of piperidine rings is 1. The van der Waals surface area contributed by atoms with E-state index in [9.17, 15) is 9.18 Å². The molecule has 0 radical (unpaired) electrons. The van der Waals surface area contributed by atoms with E-state index in [1.807, 2.05) is 36.4 Å². The maximum absolute atomic E-state index is 13.1. The van der Waals surface area contributed by atoms with E-state index in [-0.39, 0.29) is 17.7 Å². The minimum Gasteiger partial charge on any atom is -0.480 e. The number of benzene rings is 3. The Balaban J connectivity index is 1.04. The molecule has 4 nitrogen and oxygen atoms in total. The zero-order chi connectivity index (χ0) is 24.7. The summed E-state index contributed by atoms with van der Waals surface area (Å²) in [6.45, 7) is 3.88. The highest BCUT2D eigenvalue weighted by Crippen LogP contribution is 2.30. The zero-order valence-electron chi connectivity index (χ0n) is 20.8. The summed E-state index contributed by atoms with van der Waals surface area (Å²) in [4.78, 5) is 15.3. The molecule has 0 amide bonds. The summed E-state index contributed by atoms with van der Waals surface area (Å²) in [6.07, 6.45) is 4.95. The minimum atomic E-state index is -0.349. The maximum atomic E-state index is 13.1. The van der Waals surface area contributed by atoms with Gasteiger partial charge in [0, 0.05) is 19.4 Å². The van der Waals surface area contributed by atoms with E-state index >= 15 is 0 Å². The number of nitrogens with zero attached hydrogens (tertiary/aromatic N) is 1. The molecule has 1 fully saturated rings. The summed E-state index contributed by atoms with van der Waals surface area (Å²) in [6, 6.07) is 23.5. The van der Waals surface area contributed by atoms with Crippen molar-refractivity contribution in [2.45, 2.75) is 50.5 Å². The van der Waals surface area contributed by atoms with Gasteiger partial charge in [-0.25, -0.2) is 4.39 Å². The van der Waals surface area contributed by atoms with Crippen molar-refractivity contribution in [2.75, 3.05) is 31.5 Å². The van der Waals surface area contributed by atoms with Crippen LogP contribution < -0.4 is 10.1 Å². The van der Waals surface area contributed by atoms with Crippen molar-refractivity contribution < 1.29 is 13.9 Å². The number of halogens is 1. The van der Waals surface area contributed by atoms with E-state index in [0.717, 1.165) is 68.9 Å². The maximum Gasteiger partial charge on any atom is 0.173 e. The number of hydrogen-bond donors (Lipinski definition) is 1. The molecule has 0 saturated carbocycles. The largest absolute Gasteiger partial charge is 0.480 e. The monoisotopic (exact) mass is 486 g/mol. The first-order valence-electron chi connectivity index (χ1n) is 13.2. The smallest absolute Gasteiger partial charge is 0.173 e. The molecule has 36 heavy (non-hydrogen) atoms. The molecule has 1 atom stereocenters. The van der Waals surface area contributed by atoms with Gasteiger partial charge in [-0.3, -0.25) is 4.79 Å². The number of para-hydroxylation sites is 2. The molecule has 5 heteroatoms. The predicted molar refractivity (Wildman–Crippen MR) is 142 cm³/mol. The molecular weight excluding hydrogens is 451 g/mol. The first-order chi connectivity index (χ1) is 17.6. The lowest BCUT2D eigenvalue weighted by molar-refractivity contribution is -0.126. The van der Waals surface area contributed by atoms with Crippen LogP contribution in [-0.4, -0.2) is 43.0 Å². The average Bonchev–Trinajstić information content (AvgIpc) is 3.14. The molecule has 2 heterocycles. The van der Waals surface area contributed by atoms with E-state index in [0.29, 0.717) is 18.8 Å². The fourth-order valence-electron chi connectivity index (χ4n) is 5.37. The third kappa shape index (κ3) is 6.33. The van der Waals surface area contributed by atoms with Crippen molar-refractivity contribution in [2.24, 2.45) is 0 Å². The van der Waals surface area contributed by atoms with Crippen LogP contribution >= 0.6 is 0 Å². The Kier molecular flexibility index (Phi) is 7.97. The van der Waals surface area contributed by atoms with Gasteiger partial charge in [-0.05, 0) is 92.2 Å². The van der Waals surface area contributed by atoms with E-state index in [1.165, 1.54) is 23.3 Å². The lowest BCUT2D eigenvalue weighted by Crippen LogP contribution is -2.34. The summed E-state index contributed by atoms with van der Waals surface area (Å²) in [5, 5.41) is 3.35. The molecule has 5 rings (SSSR count). The molecule has 2 aliphatic heterocycles. The van der Waals surface area contributed by atoms with Crippen LogP contribution in [0.25, 0.3) is 0 Å². The Hall–Kier alpha value is -3.18. The third-order valence-corrected chi connectivity index (χ3v) is 7.50. The minimum absolute atomic E-state index is 0.190. The summed E-state index contributed by atoms with van der Waals surface area (Å²) in [7, 11) is 0. The Bertz CT molecular complexity index is 1140. The van der Waals surface area contributed by atoms with Crippen LogP contribution in [-0.2, 0) is 11.2 Å². The number of ketones is 1. The Morgan fingerprint density at radius 2 is 1.61 bits per heavy atom. The fourth-order valence-corrected chi connectivity index (χ4v) is 5.37. The van der Waals surface area contributed by atoms with Crippen LogP contribution in [0, 0.1) is 5.82 Å². The second kappa shape index (κ2) is 11.7. The Morgan fingerprint density at radius 1 is 0.917 bits per heavy atom. The van der Waals surface area contributed by atoms with Crippen LogP contribution in [0.4, 0.5) is 10.1 Å². The van der Waals surface area contributed by atoms with Crippen LogP contribution in [0.15, 0.2) is 72.8 Å². The molecule has 3 aromatic carbocycles. The normalized spacial score (nSPS) is 18.5. The molecule has 2 aliphatic rings. The highest BCUT2D eigenvalue weighted by Gasteiger charge is 2.25. The van der Waals surface area contributed by atoms with Gasteiger partial charge < -0.3 is 15.0 Å². The van der Waals surface area contributed by atoms with Gasteiger partial charge in [0.15, 0.2) is 11.9 Å². The molecule has 188 valence electrons. The van der Waals surface area contributed by atoms with Gasteiger partial charge in [0.05, 0.1) is 5.69 Å². The van der Waals surface area contributed by atoms with Crippen LogP contribution in [0.5, 0.6) is 5.75 Å². The van der Waals surface area contributed by atoms with Gasteiger partial charge in [-0.2, -0.15) is 0 Å². The zero-order valence-corrected chi connectivity index (χ0v) is 20.8. The van der Waals surface area contributed by atoms with Gasteiger partial charge in [-0.15, -0.1) is 0 Å². The van der Waals surface area contributed by atoms with E-state index < -0.39 is 0 Å². The molecular formula is C31H35FN2O2. The number of nitrogens with one attached hydrogen (secondary N) is 1. The lowest BCUT2D eigenvalue weighted by atomic mass is 9.88. The standard InChI is InChI=1S/C31H35FN2O2/c32-27-13-9-24(10-14-27)22-23-7-11-25(12-8-23)26-16-20-34(21-17-26)19-3-5-29(35)31-15-18-33-28-4-1-2-6-30(28)36-31/h1-2,4,6-14,26,31,33H,3,5,15-22H2. The second-order valence-corrected chi connectivity index (χ2v) is 10.0. The van der Waals surface area contributed by atoms with Gasteiger partial charge >= 0.3 is 0 Å². The van der Waals surface area contributed by atoms with Gasteiger partial charge in [-0.1, -0.05) is 48.5 Å². The quantitative estimate of drug-likeness (QED) is 0.411. The summed E-state index contributed by atoms with van der Waals surface area (Å²) >= 11 is 0. The summed E-state index contributed by atoms with van der Waals surface area (Å²) in [5.74, 6) is 1.39. The van der Waals surface area contributed by atoms with E-state index in [1.54, 1.807) is 0 Å². The van der Waals surface area contributed by atoms with Gasteiger partial charge in [0.2, 0.25) is 0 Å². The van der Waals surface area contributed by atoms with Crippen molar-refractivity contribution >= 4 is 11.5 Å². The van der Waals surface area contributed by atoms with Gasteiger partial charge in [0.25, 0.3) is 0 Å². The van der Waals surface area contributed by atoms with E-state index in [2.05, 4.69) is 34.5 Å². The molecule has 1 saturated heterocycles. The molecule has 0 bridgehead atoms. The predicted octanol–water partition coefficient (Wildman–Crippen LogP) is 6.21. The number of rotatable bonds is 8. The molecule has 3 aromatic rings. The molecule has 0 aliphatic carbocycles. The number of Topliss-reactive ketones (excluding diaryl/α,β-unsaturated/α-hetero) is 1. The SMILES string of the molecule is O=C(CCCN1CCC(c2ccc(Cc3ccc(F)cc3)cc2)CC1)C1CCNc2ccccc2O1. The average molecular weight is 487 g/mol. The summed E-state index contributed by atoms with van der Waals surface area (Å²) < 4.78 is 19.2. The van der Waals surface area contributed by atoms with Crippen molar-refractivity contribution in [3.63, 3.8) is 0 Å². The molecule has 1 N–H and O–H groups in total. The topological polar surface area (TPSA) is 41.6 Å². The first-order valence-corrected chi connectivity index (χ1v) is 13.2. The van der Waals surface area contributed by atoms with Gasteiger partial charge in [0.1, 0.15) is 11.6 Å². The van der Waals surface area contributed by atoms with Crippen LogP contribution in [0.2, 0.25) is 0 Å². The number of likely N-dealkylation sites (tertiary alicyclic amines) is 1. The second-order valence-electron chi connectivity index (χ2n) is 10.0. The number of anilines is 1. The highest BCUT2D eigenvalue weighted by molar-refractivity contribution is 5.84. The molecule has 0 spiro atoms. The fraction of sp³-hybridized carbons (Fsp3) is 0.387. The summed E-state index contributed by atoms with van der Waals surface area (Å²) in [5.41, 5.74) is 4.76. The molecule has 1 unspecified atom stereocenters. The highest BCUT2D eigenvalue weighted by atomic mass is 19.1.